The van der Waals surface area contributed by atoms with Crippen molar-refractivity contribution in [3.63, 3.8) is 0 Å². The van der Waals surface area contributed by atoms with E-state index in [9.17, 15) is 23.6 Å². The first-order chi connectivity index (χ1) is 18.4. The van der Waals surface area contributed by atoms with Crippen LogP contribution in [0.2, 0.25) is 0 Å². The summed E-state index contributed by atoms with van der Waals surface area (Å²) in [4.78, 5) is 53.7. The molecule has 1 aliphatic rings. The molecule has 192 valence electrons. The molecule has 0 aliphatic carbocycles. The van der Waals surface area contributed by atoms with Gasteiger partial charge in [0.05, 0.1) is 16.6 Å². The number of nitrogens with one attached hydrogen (secondary N) is 1. The van der Waals surface area contributed by atoms with Gasteiger partial charge in [0.15, 0.2) is 0 Å². The maximum absolute atomic E-state index is 14.8. The van der Waals surface area contributed by atoms with Gasteiger partial charge in [-0.05, 0) is 30.2 Å². The van der Waals surface area contributed by atoms with E-state index >= 15 is 0 Å². The highest BCUT2D eigenvalue weighted by atomic mass is 19.1. The lowest BCUT2D eigenvalue weighted by atomic mass is 10.0. The van der Waals surface area contributed by atoms with Crippen molar-refractivity contribution in [1.82, 2.24) is 20.0 Å². The minimum absolute atomic E-state index is 0.0728. The molecule has 8 nitrogen and oxygen atoms in total. The number of aromatic amines is 1. The summed E-state index contributed by atoms with van der Waals surface area (Å²) in [5.41, 5.74) is 1.23. The summed E-state index contributed by atoms with van der Waals surface area (Å²) in [5, 5.41) is 7.86. The number of fused-ring (bicyclic) bond motifs is 1. The number of hydrogen-bond acceptors (Lipinski definition) is 5. The average molecular weight is 513 g/mol. The number of H-pyrrole nitrogens is 1. The van der Waals surface area contributed by atoms with Gasteiger partial charge in [-0.25, -0.2) is 9.49 Å². The SMILES string of the molecule is O=C(C(=O)N1CCCN(C(=O)c2cc(Cc3n[nH]c(=O)c4ccccc34)ccc2F)CC1)c1ccccc1. The molecule has 3 aromatic carbocycles. The number of amides is 2. The fourth-order valence-electron chi connectivity index (χ4n) is 4.70. The van der Waals surface area contributed by atoms with Gasteiger partial charge in [0.1, 0.15) is 5.82 Å². The van der Waals surface area contributed by atoms with Crippen molar-refractivity contribution >= 4 is 28.4 Å². The number of rotatable bonds is 5. The second kappa shape index (κ2) is 10.8. The molecule has 0 radical (unpaired) electrons. The zero-order valence-electron chi connectivity index (χ0n) is 20.5. The van der Waals surface area contributed by atoms with Crippen molar-refractivity contribution in [3.05, 3.63) is 111 Å². The number of nitrogens with zero attached hydrogens (tertiary/aromatic N) is 3. The quantitative estimate of drug-likeness (QED) is 0.327. The maximum atomic E-state index is 14.8. The molecule has 9 heteroatoms. The third-order valence-electron chi connectivity index (χ3n) is 6.71. The van der Waals surface area contributed by atoms with Crippen LogP contribution in [-0.4, -0.2) is 63.8 Å². The first-order valence-electron chi connectivity index (χ1n) is 12.3. The van der Waals surface area contributed by atoms with Crippen molar-refractivity contribution in [3.8, 4) is 0 Å². The Kier molecular flexibility index (Phi) is 7.08. The Bertz CT molecular complexity index is 1580. The van der Waals surface area contributed by atoms with Crippen LogP contribution < -0.4 is 5.56 Å². The molecule has 0 saturated carbocycles. The van der Waals surface area contributed by atoms with Gasteiger partial charge in [-0.3, -0.25) is 19.2 Å². The molecule has 1 saturated heterocycles. The molecule has 38 heavy (non-hydrogen) atoms. The molecular formula is C29H25FN4O4. The molecule has 5 rings (SSSR count). The molecule has 2 amide bonds. The summed E-state index contributed by atoms with van der Waals surface area (Å²) in [6.45, 7) is 1.02. The highest BCUT2D eigenvalue weighted by molar-refractivity contribution is 6.42. The van der Waals surface area contributed by atoms with Crippen molar-refractivity contribution in [2.75, 3.05) is 26.2 Å². The second-order valence-corrected chi connectivity index (χ2v) is 9.17. The first-order valence-corrected chi connectivity index (χ1v) is 12.3. The zero-order valence-corrected chi connectivity index (χ0v) is 20.5. The van der Waals surface area contributed by atoms with E-state index in [1.54, 1.807) is 54.6 Å². The molecular weight excluding hydrogens is 487 g/mol. The predicted octanol–water partition coefficient (Wildman–Crippen LogP) is 3.21. The van der Waals surface area contributed by atoms with Crippen LogP contribution >= 0.6 is 0 Å². The lowest BCUT2D eigenvalue weighted by Gasteiger charge is -2.22. The van der Waals surface area contributed by atoms with Gasteiger partial charge in [0.2, 0.25) is 5.78 Å². The number of benzene rings is 3. The molecule has 0 unspecified atom stereocenters. The monoisotopic (exact) mass is 512 g/mol. The minimum Gasteiger partial charge on any atom is -0.337 e. The van der Waals surface area contributed by atoms with E-state index in [2.05, 4.69) is 10.2 Å². The number of hydrogen-bond donors (Lipinski definition) is 1. The topological polar surface area (TPSA) is 103 Å². The Morgan fingerprint density at radius 1 is 0.842 bits per heavy atom. The number of Topliss-reactive ketones (excluding diaryl/α,β-unsaturated/α-hetero) is 1. The molecule has 2 heterocycles. The van der Waals surface area contributed by atoms with Gasteiger partial charge in [-0.1, -0.05) is 54.6 Å². The lowest BCUT2D eigenvalue weighted by molar-refractivity contribution is -0.126. The minimum atomic E-state index is -0.644. The Hall–Kier alpha value is -4.66. The lowest BCUT2D eigenvalue weighted by Crippen LogP contribution is -2.40. The van der Waals surface area contributed by atoms with E-state index in [0.29, 0.717) is 53.5 Å². The van der Waals surface area contributed by atoms with Crippen molar-refractivity contribution in [1.29, 1.82) is 0 Å². The van der Waals surface area contributed by atoms with E-state index in [-0.39, 0.29) is 24.2 Å². The molecule has 0 spiro atoms. The summed E-state index contributed by atoms with van der Waals surface area (Å²) in [6.07, 6.45) is 0.760. The molecule has 1 aliphatic heterocycles. The van der Waals surface area contributed by atoms with Gasteiger partial charge in [0.25, 0.3) is 17.4 Å². The second-order valence-electron chi connectivity index (χ2n) is 9.17. The van der Waals surface area contributed by atoms with Crippen LogP contribution in [0.25, 0.3) is 10.8 Å². The summed E-state index contributed by atoms with van der Waals surface area (Å²) >= 11 is 0. The highest BCUT2D eigenvalue weighted by Gasteiger charge is 2.28. The smallest absolute Gasteiger partial charge is 0.295 e. The predicted molar refractivity (Wildman–Crippen MR) is 139 cm³/mol. The van der Waals surface area contributed by atoms with Gasteiger partial charge < -0.3 is 9.80 Å². The normalized spacial score (nSPS) is 13.8. The molecule has 1 N–H and O–H groups in total. The van der Waals surface area contributed by atoms with Crippen LogP contribution in [0.5, 0.6) is 0 Å². The van der Waals surface area contributed by atoms with Crippen LogP contribution in [0.15, 0.2) is 77.6 Å². The highest BCUT2D eigenvalue weighted by Crippen LogP contribution is 2.20. The molecule has 1 aromatic heterocycles. The van der Waals surface area contributed by atoms with Crippen LogP contribution in [0.1, 0.15) is 38.4 Å². The number of halogens is 1. The first kappa shape index (κ1) is 25.0. The standard InChI is InChI=1S/C29H25FN4O4/c30-24-12-11-19(18-25-21-9-4-5-10-22(21)27(36)32-31-25)17-23(24)28(37)33-13-6-14-34(16-15-33)29(38)26(35)20-7-2-1-3-8-20/h1-5,7-12,17H,6,13-16,18H2,(H,32,36). The Balaban J connectivity index is 1.31. The van der Waals surface area contributed by atoms with Gasteiger partial charge in [-0.2, -0.15) is 5.10 Å². The average Bonchev–Trinajstić information content (AvgIpc) is 3.21. The number of carbonyl (C=O) groups is 3. The van der Waals surface area contributed by atoms with Gasteiger partial charge >= 0.3 is 0 Å². The van der Waals surface area contributed by atoms with E-state index in [4.69, 9.17) is 0 Å². The summed E-state index contributed by atoms with van der Waals surface area (Å²) in [6, 6.07) is 19.8. The van der Waals surface area contributed by atoms with E-state index < -0.39 is 23.4 Å². The summed E-state index contributed by atoms with van der Waals surface area (Å²) < 4.78 is 14.8. The fourth-order valence-corrected chi connectivity index (χ4v) is 4.70. The number of ketones is 1. The van der Waals surface area contributed by atoms with E-state index in [1.807, 2.05) is 6.07 Å². The maximum Gasteiger partial charge on any atom is 0.295 e. The zero-order chi connectivity index (χ0) is 26.6. The van der Waals surface area contributed by atoms with Crippen LogP contribution in [0.4, 0.5) is 4.39 Å². The van der Waals surface area contributed by atoms with Gasteiger partial charge in [0, 0.05) is 43.5 Å². The summed E-state index contributed by atoms with van der Waals surface area (Å²) in [5.74, 6) is -2.33. The largest absolute Gasteiger partial charge is 0.337 e. The summed E-state index contributed by atoms with van der Waals surface area (Å²) in [7, 11) is 0. The third-order valence-corrected chi connectivity index (χ3v) is 6.71. The Morgan fingerprint density at radius 3 is 2.32 bits per heavy atom. The molecule has 4 aromatic rings. The third kappa shape index (κ3) is 5.08. The van der Waals surface area contributed by atoms with Crippen LogP contribution in [-0.2, 0) is 11.2 Å². The fraction of sp³-hybridized carbons (Fsp3) is 0.207. The van der Waals surface area contributed by atoms with Crippen molar-refractivity contribution in [2.24, 2.45) is 0 Å². The van der Waals surface area contributed by atoms with E-state index in [0.717, 1.165) is 0 Å². The van der Waals surface area contributed by atoms with Crippen LogP contribution in [0, 0.1) is 5.82 Å². The van der Waals surface area contributed by atoms with Crippen molar-refractivity contribution < 1.29 is 18.8 Å². The molecule has 0 bridgehead atoms. The van der Waals surface area contributed by atoms with Gasteiger partial charge in [-0.15, -0.1) is 0 Å². The molecule has 1 fully saturated rings. The molecule has 0 atom stereocenters. The van der Waals surface area contributed by atoms with Crippen molar-refractivity contribution in [2.45, 2.75) is 12.8 Å². The number of carbonyl (C=O) groups excluding carboxylic acids is 3. The van der Waals surface area contributed by atoms with Crippen LogP contribution in [0.3, 0.4) is 0 Å². The van der Waals surface area contributed by atoms with E-state index in [1.165, 1.54) is 21.9 Å². The Labute approximate surface area is 217 Å². The Morgan fingerprint density at radius 2 is 1.53 bits per heavy atom. The number of aromatic nitrogens is 2.